The molecule has 0 aliphatic rings. The molecule has 0 saturated carbocycles. The van der Waals surface area contributed by atoms with Crippen molar-refractivity contribution in [2.24, 2.45) is 0 Å². The minimum atomic E-state index is 0.0590. The first-order chi connectivity index (χ1) is 13.1. The molecule has 3 aromatic rings. The molecule has 0 unspecified atom stereocenters. The molecule has 0 aliphatic carbocycles. The highest BCUT2D eigenvalue weighted by Crippen LogP contribution is 2.24. The first-order valence-corrected chi connectivity index (χ1v) is 9.09. The maximum atomic E-state index is 11.5. The van der Waals surface area contributed by atoms with E-state index in [9.17, 15) is 4.79 Å². The van der Waals surface area contributed by atoms with Gasteiger partial charge in [0.1, 0.15) is 12.4 Å². The second-order valence-corrected chi connectivity index (χ2v) is 6.76. The molecule has 0 spiro atoms. The summed E-state index contributed by atoms with van der Waals surface area (Å²) in [6, 6.07) is 13.5. The maximum absolute atomic E-state index is 11.5. The van der Waals surface area contributed by atoms with Crippen LogP contribution in [-0.4, -0.2) is 48.1 Å². The quantitative estimate of drug-likeness (QED) is 0.570. The van der Waals surface area contributed by atoms with Gasteiger partial charge in [0, 0.05) is 30.6 Å². The van der Waals surface area contributed by atoms with Crippen LogP contribution in [0.5, 0.6) is 5.75 Å². The molecule has 0 bridgehead atoms. The normalized spacial score (nSPS) is 11.3. The minimum Gasteiger partial charge on any atom is -0.489 e. The third-order valence-corrected chi connectivity index (χ3v) is 4.52. The average molecular weight is 366 g/mol. The molecule has 1 aromatic heterocycles. The molecule has 0 atom stereocenters. The summed E-state index contributed by atoms with van der Waals surface area (Å²) in [5.41, 5.74) is 3.68. The number of carbonyl (C=O) groups excluding carboxylic acids is 1. The first kappa shape index (κ1) is 19.1. The van der Waals surface area contributed by atoms with Crippen LogP contribution in [0.25, 0.3) is 10.9 Å². The van der Waals surface area contributed by atoms with Gasteiger partial charge < -0.3 is 10.1 Å². The Kier molecular flexibility index (Phi) is 6.21. The van der Waals surface area contributed by atoms with Crippen LogP contribution >= 0.6 is 0 Å². The van der Waals surface area contributed by atoms with Crippen molar-refractivity contribution in [3.05, 3.63) is 59.3 Å². The number of nitrogens with one attached hydrogen (secondary N) is 2. The smallest absolute Gasteiger partial charge is 0.159 e. The number of aromatic amines is 1. The first-order valence-electron chi connectivity index (χ1n) is 9.09. The topological polar surface area (TPSA) is 70.2 Å². The fraction of sp³-hybridized carbons (Fsp3) is 0.333. The van der Waals surface area contributed by atoms with Crippen LogP contribution in [0.4, 0.5) is 0 Å². The van der Waals surface area contributed by atoms with Crippen LogP contribution in [-0.2, 0) is 13.2 Å². The summed E-state index contributed by atoms with van der Waals surface area (Å²) in [4.78, 5) is 13.7. The number of hydrogen-bond acceptors (Lipinski definition) is 5. The molecule has 0 radical (unpaired) electrons. The second-order valence-electron chi connectivity index (χ2n) is 6.76. The maximum Gasteiger partial charge on any atom is 0.159 e. The zero-order chi connectivity index (χ0) is 19.2. The molecule has 142 valence electrons. The van der Waals surface area contributed by atoms with Gasteiger partial charge in [-0.05, 0) is 50.8 Å². The van der Waals surface area contributed by atoms with Crippen LogP contribution in [0.2, 0.25) is 0 Å². The van der Waals surface area contributed by atoms with E-state index in [4.69, 9.17) is 4.74 Å². The van der Waals surface area contributed by atoms with E-state index in [0.29, 0.717) is 12.2 Å². The largest absolute Gasteiger partial charge is 0.489 e. The number of fused-ring (bicyclic) bond motifs is 1. The van der Waals surface area contributed by atoms with Crippen molar-refractivity contribution in [1.29, 1.82) is 0 Å². The molecule has 3 rings (SSSR count). The molecule has 2 aromatic carbocycles. The summed E-state index contributed by atoms with van der Waals surface area (Å²) in [5, 5.41) is 11.8. The summed E-state index contributed by atoms with van der Waals surface area (Å²) in [6.07, 6.45) is 0. The molecule has 0 fully saturated rings. The molecule has 27 heavy (non-hydrogen) atoms. The monoisotopic (exact) mass is 366 g/mol. The van der Waals surface area contributed by atoms with Gasteiger partial charge in [-0.15, -0.1) is 0 Å². The number of carbonyl (C=O) groups is 1. The number of benzene rings is 2. The van der Waals surface area contributed by atoms with Crippen LogP contribution < -0.4 is 10.1 Å². The summed E-state index contributed by atoms with van der Waals surface area (Å²) in [6.45, 7) is 4.65. The van der Waals surface area contributed by atoms with Crippen LogP contribution in [0.15, 0.2) is 42.5 Å². The van der Waals surface area contributed by atoms with E-state index in [-0.39, 0.29) is 5.78 Å². The second kappa shape index (κ2) is 8.79. The van der Waals surface area contributed by atoms with Crippen LogP contribution in [0, 0.1) is 0 Å². The van der Waals surface area contributed by atoms with Gasteiger partial charge in [-0.2, -0.15) is 5.10 Å². The number of rotatable bonds is 9. The highest BCUT2D eigenvalue weighted by molar-refractivity contribution is 5.94. The highest BCUT2D eigenvalue weighted by atomic mass is 16.5. The van der Waals surface area contributed by atoms with Crippen molar-refractivity contribution < 1.29 is 9.53 Å². The van der Waals surface area contributed by atoms with E-state index in [1.165, 1.54) is 0 Å². The van der Waals surface area contributed by atoms with E-state index in [1.54, 1.807) is 6.92 Å². The molecule has 6 nitrogen and oxygen atoms in total. The Morgan fingerprint density at radius 1 is 1.26 bits per heavy atom. The Balaban J connectivity index is 1.71. The third kappa shape index (κ3) is 4.93. The number of Topliss-reactive ketones (excluding diaryl/α,β-unsaturated/α-hetero) is 1. The van der Waals surface area contributed by atoms with Gasteiger partial charge in [0.25, 0.3) is 0 Å². The summed E-state index contributed by atoms with van der Waals surface area (Å²) in [5.74, 6) is 0.847. The van der Waals surface area contributed by atoms with Crippen molar-refractivity contribution in [2.75, 3.05) is 27.2 Å². The van der Waals surface area contributed by atoms with Crippen LogP contribution in [0.1, 0.15) is 28.5 Å². The van der Waals surface area contributed by atoms with Gasteiger partial charge >= 0.3 is 0 Å². The summed E-state index contributed by atoms with van der Waals surface area (Å²) >= 11 is 0. The number of likely N-dealkylation sites (N-methyl/N-ethyl adjacent to an activating group) is 2. The molecule has 0 saturated heterocycles. The lowest BCUT2D eigenvalue weighted by molar-refractivity contribution is 0.101. The van der Waals surface area contributed by atoms with Crippen molar-refractivity contribution >= 4 is 16.7 Å². The van der Waals surface area contributed by atoms with Gasteiger partial charge in [-0.1, -0.05) is 18.2 Å². The lowest BCUT2D eigenvalue weighted by atomic mass is 10.1. The fourth-order valence-corrected chi connectivity index (χ4v) is 2.94. The number of H-pyrrole nitrogens is 1. The SMILES string of the molecule is CNCCN(C)Cc1n[nH]c2ccc(OCc3cccc(C(C)=O)c3)cc12. The van der Waals surface area contributed by atoms with Crippen LogP contribution in [0.3, 0.4) is 0 Å². The molecular formula is C21H26N4O2. The fourth-order valence-electron chi connectivity index (χ4n) is 2.94. The Hall–Kier alpha value is -2.70. The Morgan fingerprint density at radius 3 is 2.89 bits per heavy atom. The molecule has 0 amide bonds. The molecule has 2 N–H and O–H groups in total. The van der Waals surface area contributed by atoms with Gasteiger partial charge in [0.15, 0.2) is 5.78 Å². The number of ether oxygens (including phenoxy) is 1. The molecule has 0 aliphatic heterocycles. The lowest BCUT2D eigenvalue weighted by Gasteiger charge is -2.15. The third-order valence-electron chi connectivity index (χ3n) is 4.52. The van der Waals surface area contributed by atoms with Crippen molar-refractivity contribution in [1.82, 2.24) is 20.4 Å². The average Bonchev–Trinajstić information content (AvgIpc) is 3.07. The molecule has 6 heteroatoms. The number of aromatic nitrogens is 2. The Morgan fingerprint density at radius 2 is 2.11 bits per heavy atom. The van der Waals surface area contributed by atoms with Gasteiger partial charge in [0.05, 0.1) is 11.2 Å². The van der Waals surface area contributed by atoms with E-state index in [1.807, 2.05) is 49.5 Å². The number of hydrogen-bond donors (Lipinski definition) is 2. The molecular weight excluding hydrogens is 340 g/mol. The zero-order valence-electron chi connectivity index (χ0n) is 16.1. The Bertz CT molecular complexity index is 919. The van der Waals surface area contributed by atoms with Crippen molar-refractivity contribution in [3.8, 4) is 5.75 Å². The standard InChI is InChI=1S/C21H26N4O2/c1-15(26)17-6-4-5-16(11-17)14-27-18-7-8-20-19(12-18)21(24-23-20)13-25(3)10-9-22-2/h4-8,11-12,22H,9-10,13-14H2,1-3H3,(H,23,24). The zero-order valence-corrected chi connectivity index (χ0v) is 16.1. The predicted octanol–water partition coefficient (Wildman–Crippen LogP) is 3.00. The van der Waals surface area contributed by atoms with Crippen molar-refractivity contribution in [3.63, 3.8) is 0 Å². The van der Waals surface area contributed by atoms with E-state index >= 15 is 0 Å². The van der Waals surface area contributed by atoms with E-state index in [0.717, 1.165) is 47.5 Å². The summed E-state index contributed by atoms with van der Waals surface area (Å²) in [7, 11) is 4.04. The van der Waals surface area contributed by atoms with Gasteiger partial charge in [-0.25, -0.2) is 0 Å². The van der Waals surface area contributed by atoms with Gasteiger partial charge in [-0.3, -0.25) is 14.8 Å². The number of ketones is 1. The van der Waals surface area contributed by atoms with E-state index < -0.39 is 0 Å². The van der Waals surface area contributed by atoms with Crippen molar-refractivity contribution in [2.45, 2.75) is 20.1 Å². The Labute approximate surface area is 159 Å². The van der Waals surface area contributed by atoms with Gasteiger partial charge in [0.2, 0.25) is 0 Å². The number of nitrogens with zero attached hydrogens (tertiary/aromatic N) is 2. The lowest BCUT2D eigenvalue weighted by Crippen LogP contribution is -2.27. The molecule has 1 heterocycles. The summed E-state index contributed by atoms with van der Waals surface area (Å²) < 4.78 is 5.95. The highest BCUT2D eigenvalue weighted by Gasteiger charge is 2.10. The predicted molar refractivity (Wildman–Crippen MR) is 107 cm³/mol. The minimum absolute atomic E-state index is 0.0590. The van der Waals surface area contributed by atoms with E-state index in [2.05, 4.69) is 27.5 Å².